The zero-order chi connectivity index (χ0) is 20.0. The van der Waals surface area contributed by atoms with Crippen LogP contribution in [0.2, 0.25) is 0 Å². The Hall–Kier alpha value is -2.29. The minimum atomic E-state index is -4.42. The van der Waals surface area contributed by atoms with Crippen LogP contribution in [0.3, 0.4) is 0 Å². The SMILES string of the molecule is CCCCc1cc(=O)[nH]c(SC(C)C(=O)Nc2ccc(C(F)(F)F)cc2)n1. The molecule has 2 aromatic rings. The van der Waals surface area contributed by atoms with E-state index in [1.54, 1.807) is 6.92 Å². The van der Waals surface area contributed by atoms with Crippen molar-refractivity contribution in [2.24, 2.45) is 0 Å². The van der Waals surface area contributed by atoms with Gasteiger partial charge in [0.15, 0.2) is 5.16 Å². The van der Waals surface area contributed by atoms with Crippen molar-refractivity contribution in [3.63, 3.8) is 0 Å². The van der Waals surface area contributed by atoms with Crippen LogP contribution in [0.25, 0.3) is 0 Å². The van der Waals surface area contributed by atoms with Gasteiger partial charge in [-0.15, -0.1) is 0 Å². The number of aromatic nitrogens is 2. The van der Waals surface area contributed by atoms with Gasteiger partial charge in [0, 0.05) is 17.4 Å². The fourth-order valence-corrected chi connectivity index (χ4v) is 3.06. The van der Waals surface area contributed by atoms with Crippen molar-refractivity contribution in [2.45, 2.75) is 49.7 Å². The lowest BCUT2D eigenvalue weighted by Crippen LogP contribution is -2.23. The quantitative estimate of drug-likeness (QED) is 0.539. The van der Waals surface area contributed by atoms with Crippen LogP contribution in [0, 0.1) is 0 Å². The molecule has 0 bridgehead atoms. The minimum Gasteiger partial charge on any atom is -0.325 e. The number of carbonyl (C=O) groups excluding carboxylic acids is 1. The summed E-state index contributed by atoms with van der Waals surface area (Å²) in [4.78, 5) is 30.9. The molecule has 0 spiro atoms. The van der Waals surface area contributed by atoms with Crippen LogP contribution in [0.4, 0.5) is 18.9 Å². The highest BCUT2D eigenvalue weighted by molar-refractivity contribution is 8.00. The first-order valence-corrected chi connectivity index (χ1v) is 9.32. The Balaban J connectivity index is 2.01. The van der Waals surface area contributed by atoms with Crippen molar-refractivity contribution in [3.05, 3.63) is 51.9 Å². The smallest absolute Gasteiger partial charge is 0.325 e. The maximum absolute atomic E-state index is 12.6. The van der Waals surface area contributed by atoms with Crippen LogP contribution in [-0.2, 0) is 17.4 Å². The number of anilines is 1. The standard InChI is InChI=1S/C18H20F3N3O2S/c1-3-4-5-14-10-15(25)24-17(23-14)27-11(2)16(26)22-13-8-6-12(7-9-13)18(19,20)21/h6-11H,3-5H2,1-2H3,(H,22,26)(H,23,24,25). The molecule has 5 nitrogen and oxygen atoms in total. The minimum absolute atomic E-state index is 0.263. The molecule has 9 heteroatoms. The van der Waals surface area contributed by atoms with Gasteiger partial charge >= 0.3 is 6.18 Å². The van der Waals surface area contributed by atoms with Gasteiger partial charge in [0.05, 0.1) is 10.8 Å². The number of halogens is 3. The molecule has 1 amide bonds. The Bertz CT molecular complexity index is 835. The van der Waals surface area contributed by atoms with Crippen LogP contribution in [0.5, 0.6) is 0 Å². The third kappa shape index (κ3) is 6.42. The average molecular weight is 399 g/mol. The number of rotatable bonds is 7. The van der Waals surface area contributed by atoms with Crippen molar-refractivity contribution >= 4 is 23.4 Å². The molecule has 0 saturated heterocycles. The molecule has 2 N–H and O–H groups in total. The molecule has 27 heavy (non-hydrogen) atoms. The van der Waals surface area contributed by atoms with E-state index < -0.39 is 22.9 Å². The van der Waals surface area contributed by atoms with Gasteiger partial charge in [0.1, 0.15) is 0 Å². The lowest BCUT2D eigenvalue weighted by molar-refractivity contribution is -0.137. The molecule has 0 aliphatic rings. The first-order valence-electron chi connectivity index (χ1n) is 8.44. The molecule has 0 aliphatic heterocycles. The summed E-state index contributed by atoms with van der Waals surface area (Å²) in [5.74, 6) is -0.402. The highest BCUT2D eigenvalue weighted by Gasteiger charge is 2.30. The summed E-state index contributed by atoms with van der Waals surface area (Å²) < 4.78 is 37.7. The normalized spacial score (nSPS) is 12.6. The molecule has 146 valence electrons. The van der Waals surface area contributed by atoms with Gasteiger partial charge in [-0.25, -0.2) is 4.98 Å². The number of H-pyrrole nitrogens is 1. The molecule has 1 aromatic heterocycles. The van der Waals surface area contributed by atoms with Crippen LogP contribution >= 0.6 is 11.8 Å². The van der Waals surface area contributed by atoms with E-state index in [1.807, 2.05) is 6.92 Å². The molecule has 1 unspecified atom stereocenters. The molecule has 0 saturated carbocycles. The van der Waals surface area contributed by atoms with Gasteiger partial charge in [-0.2, -0.15) is 13.2 Å². The average Bonchev–Trinajstić information content (AvgIpc) is 2.59. The van der Waals surface area contributed by atoms with Crippen LogP contribution in [0.1, 0.15) is 37.9 Å². The van der Waals surface area contributed by atoms with Gasteiger partial charge < -0.3 is 10.3 Å². The second-order valence-electron chi connectivity index (χ2n) is 5.97. The predicted molar refractivity (Wildman–Crippen MR) is 98.9 cm³/mol. The number of thioether (sulfide) groups is 1. The summed E-state index contributed by atoms with van der Waals surface area (Å²) in [5.41, 5.74) is -0.139. The summed E-state index contributed by atoms with van der Waals surface area (Å²) in [5, 5.41) is 2.29. The monoisotopic (exact) mass is 399 g/mol. The Kier molecular flexibility index (Phi) is 7.06. The Morgan fingerprint density at radius 3 is 2.56 bits per heavy atom. The van der Waals surface area contributed by atoms with Crippen molar-refractivity contribution in [1.82, 2.24) is 9.97 Å². The van der Waals surface area contributed by atoms with Crippen molar-refractivity contribution in [2.75, 3.05) is 5.32 Å². The van der Waals surface area contributed by atoms with E-state index in [2.05, 4.69) is 15.3 Å². The van der Waals surface area contributed by atoms with Gasteiger partial charge in [0.2, 0.25) is 5.91 Å². The molecule has 2 rings (SSSR count). The van der Waals surface area contributed by atoms with Crippen LogP contribution in [0.15, 0.2) is 40.3 Å². The van der Waals surface area contributed by atoms with Gasteiger partial charge in [-0.05, 0) is 44.0 Å². The number of hydrogen-bond acceptors (Lipinski definition) is 4. The first kappa shape index (κ1) is 21.0. The molecule has 0 aliphatic carbocycles. The number of aromatic amines is 1. The largest absolute Gasteiger partial charge is 0.416 e. The summed E-state index contributed by atoms with van der Waals surface area (Å²) >= 11 is 1.08. The Labute approximate surface area is 158 Å². The highest BCUT2D eigenvalue weighted by atomic mass is 32.2. The fourth-order valence-electron chi connectivity index (χ4n) is 2.23. The second kappa shape index (κ2) is 9.07. The van der Waals surface area contributed by atoms with E-state index in [4.69, 9.17) is 0 Å². The first-order chi connectivity index (χ1) is 12.7. The van der Waals surface area contributed by atoms with Crippen molar-refractivity contribution < 1.29 is 18.0 Å². The van der Waals surface area contributed by atoms with Crippen LogP contribution < -0.4 is 10.9 Å². The number of aryl methyl sites for hydroxylation is 1. The summed E-state index contributed by atoms with van der Waals surface area (Å²) in [6.07, 6.45) is -1.86. The van der Waals surface area contributed by atoms with Gasteiger partial charge in [-0.1, -0.05) is 25.1 Å². The molecule has 1 heterocycles. The molecule has 0 fully saturated rings. The van der Waals surface area contributed by atoms with Crippen molar-refractivity contribution in [1.29, 1.82) is 0 Å². The number of nitrogens with zero attached hydrogens (tertiary/aromatic N) is 1. The molecule has 1 aromatic carbocycles. The van der Waals surface area contributed by atoms with E-state index in [0.717, 1.165) is 36.7 Å². The third-order valence-corrected chi connectivity index (χ3v) is 4.68. The van der Waals surface area contributed by atoms with E-state index in [-0.39, 0.29) is 11.2 Å². The summed E-state index contributed by atoms with van der Waals surface area (Å²) in [6, 6.07) is 5.65. The number of benzene rings is 1. The lowest BCUT2D eigenvalue weighted by Gasteiger charge is -2.13. The number of hydrogen-bond donors (Lipinski definition) is 2. The van der Waals surface area contributed by atoms with Gasteiger partial charge in [-0.3, -0.25) is 9.59 Å². The maximum Gasteiger partial charge on any atom is 0.416 e. The summed E-state index contributed by atoms with van der Waals surface area (Å²) in [7, 11) is 0. The van der Waals surface area contributed by atoms with E-state index >= 15 is 0 Å². The zero-order valence-electron chi connectivity index (χ0n) is 14.9. The number of amides is 1. The van der Waals surface area contributed by atoms with Crippen molar-refractivity contribution in [3.8, 4) is 0 Å². The zero-order valence-corrected chi connectivity index (χ0v) is 15.7. The molecule has 0 radical (unpaired) electrons. The maximum atomic E-state index is 12.6. The third-order valence-electron chi connectivity index (χ3n) is 3.70. The van der Waals surface area contributed by atoms with Gasteiger partial charge in [0.25, 0.3) is 5.56 Å². The number of unbranched alkanes of at least 4 members (excludes halogenated alkanes) is 1. The highest BCUT2D eigenvalue weighted by Crippen LogP contribution is 2.30. The predicted octanol–water partition coefficient (Wildman–Crippen LogP) is 4.25. The number of nitrogens with one attached hydrogen (secondary N) is 2. The summed E-state index contributed by atoms with van der Waals surface area (Å²) in [6.45, 7) is 3.67. The van der Waals surface area contributed by atoms with Crippen LogP contribution in [-0.4, -0.2) is 21.1 Å². The fraction of sp³-hybridized carbons (Fsp3) is 0.389. The number of alkyl halides is 3. The molecule has 1 atom stereocenters. The molecular weight excluding hydrogens is 379 g/mol. The Morgan fingerprint density at radius 1 is 1.30 bits per heavy atom. The topological polar surface area (TPSA) is 74.8 Å². The Morgan fingerprint density at radius 2 is 1.96 bits per heavy atom. The molecular formula is C18H20F3N3O2S. The lowest BCUT2D eigenvalue weighted by atomic mass is 10.2. The van der Waals surface area contributed by atoms with E-state index in [0.29, 0.717) is 17.3 Å². The number of carbonyl (C=O) groups is 1. The second-order valence-corrected chi connectivity index (χ2v) is 7.30. The van der Waals surface area contributed by atoms with E-state index in [9.17, 15) is 22.8 Å². The van der Waals surface area contributed by atoms with E-state index in [1.165, 1.54) is 18.2 Å².